The Balaban J connectivity index is 1.89. The zero-order chi connectivity index (χ0) is 11.5. The second kappa shape index (κ2) is 5.00. The number of nitrogens with one attached hydrogen (secondary N) is 1. The van der Waals surface area contributed by atoms with Gasteiger partial charge in [-0.3, -0.25) is 4.68 Å². The number of aromatic nitrogens is 2. The molecule has 0 aliphatic heterocycles. The SMILES string of the molecule is CCn1cc(C(C)NC2CCC(C)C2)cn1. The van der Waals surface area contributed by atoms with Crippen LogP contribution >= 0.6 is 0 Å². The lowest BCUT2D eigenvalue weighted by Crippen LogP contribution is -2.29. The van der Waals surface area contributed by atoms with Crippen LogP contribution in [0.25, 0.3) is 0 Å². The third-order valence-electron chi connectivity index (χ3n) is 3.66. The van der Waals surface area contributed by atoms with Crippen molar-refractivity contribution in [1.29, 1.82) is 0 Å². The molecule has 3 nitrogen and oxygen atoms in total. The van der Waals surface area contributed by atoms with E-state index in [2.05, 4.69) is 37.4 Å². The summed E-state index contributed by atoms with van der Waals surface area (Å²) in [6.45, 7) is 7.65. The van der Waals surface area contributed by atoms with Crippen LogP contribution in [0.3, 0.4) is 0 Å². The first-order valence-electron chi connectivity index (χ1n) is 6.47. The minimum atomic E-state index is 0.426. The maximum atomic E-state index is 4.32. The van der Waals surface area contributed by atoms with E-state index < -0.39 is 0 Å². The number of hydrogen-bond acceptors (Lipinski definition) is 2. The van der Waals surface area contributed by atoms with Gasteiger partial charge in [0.05, 0.1) is 6.20 Å². The molecule has 3 heteroatoms. The molecular weight excluding hydrogens is 198 g/mol. The summed E-state index contributed by atoms with van der Waals surface area (Å²) in [4.78, 5) is 0. The van der Waals surface area contributed by atoms with E-state index in [4.69, 9.17) is 0 Å². The highest BCUT2D eigenvalue weighted by Gasteiger charge is 2.22. The van der Waals surface area contributed by atoms with Crippen molar-refractivity contribution >= 4 is 0 Å². The molecule has 1 aromatic rings. The Bertz CT molecular complexity index is 332. The molecule has 3 unspecified atom stereocenters. The van der Waals surface area contributed by atoms with Gasteiger partial charge in [-0.2, -0.15) is 5.10 Å². The van der Waals surface area contributed by atoms with Crippen LogP contribution < -0.4 is 5.32 Å². The van der Waals surface area contributed by atoms with Crippen LogP contribution in [0.2, 0.25) is 0 Å². The molecule has 0 radical (unpaired) electrons. The van der Waals surface area contributed by atoms with Gasteiger partial charge in [-0.05, 0) is 39.0 Å². The van der Waals surface area contributed by atoms with E-state index in [1.165, 1.54) is 24.8 Å². The monoisotopic (exact) mass is 221 g/mol. The average Bonchev–Trinajstić information content (AvgIpc) is 2.87. The quantitative estimate of drug-likeness (QED) is 0.847. The first-order chi connectivity index (χ1) is 7.69. The fraction of sp³-hybridized carbons (Fsp3) is 0.769. The van der Waals surface area contributed by atoms with E-state index in [1.807, 2.05) is 10.9 Å². The highest BCUT2D eigenvalue weighted by atomic mass is 15.3. The summed E-state index contributed by atoms with van der Waals surface area (Å²) in [7, 11) is 0. The van der Waals surface area contributed by atoms with Crippen molar-refractivity contribution in [3.63, 3.8) is 0 Å². The van der Waals surface area contributed by atoms with Gasteiger partial charge >= 0.3 is 0 Å². The lowest BCUT2D eigenvalue weighted by molar-refractivity contribution is 0.449. The second-order valence-corrected chi connectivity index (χ2v) is 5.13. The molecule has 0 spiro atoms. The van der Waals surface area contributed by atoms with Crippen molar-refractivity contribution in [1.82, 2.24) is 15.1 Å². The Morgan fingerprint density at radius 2 is 2.38 bits per heavy atom. The highest BCUT2D eigenvalue weighted by molar-refractivity contribution is 5.09. The van der Waals surface area contributed by atoms with Crippen LogP contribution in [0.5, 0.6) is 0 Å². The molecule has 1 aliphatic carbocycles. The van der Waals surface area contributed by atoms with E-state index in [0.717, 1.165) is 12.5 Å². The standard InChI is InChI=1S/C13H23N3/c1-4-16-9-12(8-14-16)11(3)15-13-6-5-10(2)7-13/h8-11,13,15H,4-7H2,1-3H3. The molecular formula is C13H23N3. The molecule has 2 rings (SSSR count). The van der Waals surface area contributed by atoms with E-state index >= 15 is 0 Å². The van der Waals surface area contributed by atoms with Crippen LogP contribution in [-0.2, 0) is 6.54 Å². The number of hydrogen-bond donors (Lipinski definition) is 1. The predicted octanol–water partition coefficient (Wildman–Crippen LogP) is 2.74. The van der Waals surface area contributed by atoms with Gasteiger partial charge < -0.3 is 5.32 Å². The molecule has 0 amide bonds. The zero-order valence-corrected chi connectivity index (χ0v) is 10.6. The van der Waals surface area contributed by atoms with Gasteiger partial charge in [0.25, 0.3) is 0 Å². The summed E-state index contributed by atoms with van der Waals surface area (Å²) in [5.41, 5.74) is 1.31. The van der Waals surface area contributed by atoms with Crippen LogP contribution in [0, 0.1) is 5.92 Å². The normalized spacial score (nSPS) is 27.2. The molecule has 1 saturated carbocycles. The maximum absolute atomic E-state index is 4.32. The van der Waals surface area contributed by atoms with Gasteiger partial charge in [0.2, 0.25) is 0 Å². The van der Waals surface area contributed by atoms with E-state index in [9.17, 15) is 0 Å². The van der Waals surface area contributed by atoms with Gasteiger partial charge in [0.1, 0.15) is 0 Å². The molecule has 3 atom stereocenters. The van der Waals surface area contributed by atoms with Gasteiger partial charge in [0.15, 0.2) is 0 Å². The molecule has 16 heavy (non-hydrogen) atoms. The minimum Gasteiger partial charge on any atom is -0.307 e. The van der Waals surface area contributed by atoms with Crippen LogP contribution in [0.15, 0.2) is 12.4 Å². The lowest BCUT2D eigenvalue weighted by Gasteiger charge is -2.18. The molecule has 1 heterocycles. The minimum absolute atomic E-state index is 0.426. The Morgan fingerprint density at radius 1 is 1.56 bits per heavy atom. The molecule has 90 valence electrons. The van der Waals surface area contributed by atoms with Crippen LogP contribution in [-0.4, -0.2) is 15.8 Å². The Kier molecular flexibility index (Phi) is 3.64. The molecule has 1 N–H and O–H groups in total. The maximum Gasteiger partial charge on any atom is 0.0537 e. The highest BCUT2D eigenvalue weighted by Crippen LogP contribution is 2.26. The average molecular weight is 221 g/mol. The summed E-state index contributed by atoms with van der Waals surface area (Å²) in [5, 5.41) is 8.03. The fourth-order valence-electron chi connectivity index (χ4n) is 2.58. The third kappa shape index (κ3) is 2.64. The first-order valence-corrected chi connectivity index (χ1v) is 6.47. The summed E-state index contributed by atoms with van der Waals surface area (Å²) in [5.74, 6) is 0.892. The molecule has 0 bridgehead atoms. The number of aryl methyl sites for hydroxylation is 1. The van der Waals surface area contributed by atoms with Gasteiger partial charge in [0, 0.05) is 30.4 Å². The Morgan fingerprint density at radius 3 is 2.94 bits per heavy atom. The number of nitrogens with zero attached hydrogens (tertiary/aromatic N) is 2. The van der Waals surface area contributed by atoms with Gasteiger partial charge in [-0.25, -0.2) is 0 Å². The molecule has 0 aromatic carbocycles. The molecule has 1 aliphatic rings. The largest absolute Gasteiger partial charge is 0.307 e. The third-order valence-corrected chi connectivity index (χ3v) is 3.66. The molecule has 1 fully saturated rings. The van der Waals surface area contributed by atoms with Crippen molar-refractivity contribution in [2.45, 2.75) is 58.7 Å². The van der Waals surface area contributed by atoms with Crippen molar-refractivity contribution in [3.05, 3.63) is 18.0 Å². The Labute approximate surface area is 98.2 Å². The van der Waals surface area contributed by atoms with Crippen LogP contribution in [0.1, 0.15) is 51.6 Å². The van der Waals surface area contributed by atoms with E-state index in [0.29, 0.717) is 12.1 Å². The second-order valence-electron chi connectivity index (χ2n) is 5.13. The Hall–Kier alpha value is -0.830. The predicted molar refractivity (Wildman–Crippen MR) is 66.3 cm³/mol. The van der Waals surface area contributed by atoms with Gasteiger partial charge in [-0.1, -0.05) is 6.92 Å². The van der Waals surface area contributed by atoms with E-state index in [1.54, 1.807) is 0 Å². The fourth-order valence-corrected chi connectivity index (χ4v) is 2.58. The summed E-state index contributed by atoms with van der Waals surface area (Å²) >= 11 is 0. The lowest BCUT2D eigenvalue weighted by atomic mass is 10.1. The topological polar surface area (TPSA) is 29.9 Å². The van der Waals surface area contributed by atoms with Crippen LogP contribution in [0.4, 0.5) is 0 Å². The molecule has 1 aromatic heterocycles. The summed E-state index contributed by atoms with van der Waals surface area (Å²) in [6, 6.07) is 1.13. The summed E-state index contributed by atoms with van der Waals surface area (Å²) < 4.78 is 1.99. The van der Waals surface area contributed by atoms with Crippen molar-refractivity contribution in [3.8, 4) is 0 Å². The van der Waals surface area contributed by atoms with Crippen molar-refractivity contribution in [2.24, 2.45) is 5.92 Å². The zero-order valence-electron chi connectivity index (χ0n) is 10.6. The van der Waals surface area contributed by atoms with E-state index in [-0.39, 0.29) is 0 Å². The summed E-state index contributed by atoms with van der Waals surface area (Å²) in [6.07, 6.45) is 8.16. The first kappa shape index (κ1) is 11.6. The smallest absolute Gasteiger partial charge is 0.0537 e. The van der Waals surface area contributed by atoms with Crippen molar-refractivity contribution < 1.29 is 0 Å². The van der Waals surface area contributed by atoms with Crippen molar-refractivity contribution in [2.75, 3.05) is 0 Å². The number of rotatable bonds is 4. The van der Waals surface area contributed by atoms with Gasteiger partial charge in [-0.15, -0.1) is 0 Å². The molecule has 0 saturated heterocycles.